The highest BCUT2D eigenvalue weighted by Crippen LogP contribution is 2.28. The Kier molecular flexibility index (Phi) is 6.67. The monoisotopic (exact) mass is 270 g/mol. The second-order valence-electron chi connectivity index (χ2n) is 5.75. The molecule has 1 rings (SSSR count). The third-order valence-electron chi connectivity index (χ3n) is 3.77. The number of aliphatic carboxylic acids is 1. The van der Waals surface area contributed by atoms with Gasteiger partial charge in [0.1, 0.15) is 6.04 Å². The van der Waals surface area contributed by atoms with Gasteiger partial charge in [-0.05, 0) is 24.7 Å². The van der Waals surface area contributed by atoms with Crippen molar-refractivity contribution in [1.29, 1.82) is 0 Å². The molecule has 1 fully saturated rings. The molecule has 0 unspecified atom stereocenters. The van der Waals surface area contributed by atoms with Crippen molar-refractivity contribution < 1.29 is 14.7 Å². The highest BCUT2D eigenvalue weighted by Gasteiger charge is 2.23. The first-order valence-corrected chi connectivity index (χ1v) is 7.28. The summed E-state index contributed by atoms with van der Waals surface area (Å²) in [6.07, 6.45) is 7.45. The molecule has 1 saturated carbocycles. The summed E-state index contributed by atoms with van der Waals surface area (Å²) in [6.45, 7) is 4.17. The van der Waals surface area contributed by atoms with E-state index in [9.17, 15) is 9.59 Å². The van der Waals surface area contributed by atoms with Crippen LogP contribution in [0.1, 0.15) is 52.4 Å². The molecule has 19 heavy (non-hydrogen) atoms. The Balaban J connectivity index is 2.14. The van der Waals surface area contributed by atoms with E-state index in [1.165, 1.54) is 25.7 Å². The fourth-order valence-corrected chi connectivity index (χ4v) is 2.60. The van der Waals surface area contributed by atoms with Crippen molar-refractivity contribution in [1.82, 2.24) is 10.6 Å². The van der Waals surface area contributed by atoms with E-state index in [-0.39, 0.29) is 11.9 Å². The van der Waals surface area contributed by atoms with Crippen LogP contribution in [0.25, 0.3) is 0 Å². The molecule has 0 heterocycles. The average molecular weight is 270 g/mol. The minimum Gasteiger partial charge on any atom is -0.480 e. The largest absolute Gasteiger partial charge is 0.480 e. The first-order chi connectivity index (χ1) is 9.00. The molecule has 5 heteroatoms. The number of nitrogens with one attached hydrogen (secondary N) is 2. The Hall–Kier alpha value is -1.26. The van der Waals surface area contributed by atoms with Gasteiger partial charge in [0.05, 0.1) is 0 Å². The molecule has 2 amide bonds. The van der Waals surface area contributed by atoms with Crippen LogP contribution in [0, 0.1) is 11.8 Å². The van der Waals surface area contributed by atoms with E-state index in [2.05, 4.69) is 10.6 Å². The summed E-state index contributed by atoms with van der Waals surface area (Å²) >= 11 is 0. The van der Waals surface area contributed by atoms with Crippen LogP contribution in [0.3, 0.4) is 0 Å². The number of rotatable bonds is 7. The smallest absolute Gasteiger partial charge is 0.326 e. The first kappa shape index (κ1) is 15.8. The quantitative estimate of drug-likeness (QED) is 0.621. The number of carboxylic acid groups (broad SMARTS) is 1. The molecule has 1 aliphatic carbocycles. The SMILES string of the molecule is CC(C)[C@H](NC(=O)NCCCC1CCCC1)C(=O)O. The van der Waals surface area contributed by atoms with Crippen LogP contribution >= 0.6 is 0 Å². The Morgan fingerprint density at radius 3 is 2.42 bits per heavy atom. The number of amides is 2. The van der Waals surface area contributed by atoms with Crippen LogP contribution in [0.4, 0.5) is 4.79 Å². The molecular formula is C14H26N2O3. The lowest BCUT2D eigenvalue weighted by molar-refractivity contribution is -0.140. The zero-order valence-electron chi connectivity index (χ0n) is 11.9. The highest BCUT2D eigenvalue weighted by molar-refractivity contribution is 5.82. The molecule has 0 radical (unpaired) electrons. The van der Waals surface area contributed by atoms with Crippen molar-refractivity contribution in [2.24, 2.45) is 11.8 Å². The molecule has 0 spiro atoms. The Morgan fingerprint density at radius 2 is 1.89 bits per heavy atom. The van der Waals surface area contributed by atoms with Crippen molar-refractivity contribution in [2.45, 2.75) is 58.4 Å². The van der Waals surface area contributed by atoms with Crippen LogP contribution < -0.4 is 10.6 Å². The molecule has 0 saturated heterocycles. The topological polar surface area (TPSA) is 78.4 Å². The van der Waals surface area contributed by atoms with Gasteiger partial charge in [-0.3, -0.25) is 0 Å². The number of carbonyl (C=O) groups excluding carboxylic acids is 1. The number of hydrogen-bond acceptors (Lipinski definition) is 2. The summed E-state index contributed by atoms with van der Waals surface area (Å²) in [5.41, 5.74) is 0. The summed E-state index contributed by atoms with van der Waals surface area (Å²) < 4.78 is 0. The van der Waals surface area contributed by atoms with E-state index in [1.54, 1.807) is 13.8 Å². The van der Waals surface area contributed by atoms with Crippen LogP contribution in [-0.2, 0) is 4.79 Å². The van der Waals surface area contributed by atoms with Gasteiger partial charge in [-0.2, -0.15) is 0 Å². The summed E-state index contributed by atoms with van der Waals surface area (Å²) in [5, 5.41) is 14.2. The Morgan fingerprint density at radius 1 is 1.26 bits per heavy atom. The Bertz CT molecular complexity index is 299. The zero-order chi connectivity index (χ0) is 14.3. The van der Waals surface area contributed by atoms with Gasteiger partial charge in [0.15, 0.2) is 0 Å². The van der Waals surface area contributed by atoms with Crippen LogP contribution in [0.15, 0.2) is 0 Å². The summed E-state index contributed by atoms with van der Waals surface area (Å²) in [6, 6.07) is -1.21. The lowest BCUT2D eigenvalue weighted by Crippen LogP contribution is -2.48. The molecule has 0 aromatic rings. The number of carboxylic acids is 1. The second kappa shape index (κ2) is 8.02. The molecule has 110 valence electrons. The summed E-state index contributed by atoms with van der Waals surface area (Å²) in [7, 11) is 0. The molecule has 0 aromatic carbocycles. The minimum atomic E-state index is -0.990. The van der Waals surface area contributed by atoms with Crippen molar-refractivity contribution >= 4 is 12.0 Å². The lowest BCUT2D eigenvalue weighted by atomic mass is 10.0. The highest BCUT2D eigenvalue weighted by atomic mass is 16.4. The average Bonchev–Trinajstić information content (AvgIpc) is 2.84. The second-order valence-corrected chi connectivity index (χ2v) is 5.75. The third kappa shape index (κ3) is 5.94. The van der Waals surface area contributed by atoms with E-state index < -0.39 is 12.0 Å². The van der Waals surface area contributed by atoms with E-state index >= 15 is 0 Å². The van der Waals surface area contributed by atoms with Gasteiger partial charge in [-0.15, -0.1) is 0 Å². The molecule has 5 nitrogen and oxygen atoms in total. The van der Waals surface area contributed by atoms with Crippen molar-refractivity contribution in [3.05, 3.63) is 0 Å². The number of hydrogen-bond donors (Lipinski definition) is 3. The molecule has 1 atom stereocenters. The van der Waals surface area contributed by atoms with Gasteiger partial charge in [-0.1, -0.05) is 39.5 Å². The van der Waals surface area contributed by atoms with Crippen molar-refractivity contribution in [3.8, 4) is 0 Å². The van der Waals surface area contributed by atoms with Crippen LogP contribution in [0.2, 0.25) is 0 Å². The fourth-order valence-electron chi connectivity index (χ4n) is 2.60. The van der Waals surface area contributed by atoms with Gasteiger partial charge in [-0.25, -0.2) is 9.59 Å². The van der Waals surface area contributed by atoms with Crippen molar-refractivity contribution in [2.75, 3.05) is 6.54 Å². The molecule has 0 bridgehead atoms. The number of urea groups is 1. The van der Waals surface area contributed by atoms with E-state index in [0.717, 1.165) is 18.8 Å². The lowest BCUT2D eigenvalue weighted by Gasteiger charge is -2.18. The maximum absolute atomic E-state index is 11.6. The third-order valence-corrected chi connectivity index (χ3v) is 3.77. The van der Waals surface area contributed by atoms with Gasteiger partial charge in [0.25, 0.3) is 0 Å². The normalized spacial score (nSPS) is 17.4. The molecular weight excluding hydrogens is 244 g/mol. The van der Waals surface area contributed by atoms with Gasteiger partial charge in [0, 0.05) is 6.54 Å². The predicted octanol–water partition coefficient (Wildman–Crippen LogP) is 2.37. The van der Waals surface area contributed by atoms with Crippen molar-refractivity contribution in [3.63, 3.8) is 0 Å². The summed E-state index contributed by atoms with van der Waals surface area (Å²) in [5.74, 6) is -0.287. The summed E-state index contributed by atoms with van der Waals surface area (Å²) in [4.78, 5) is 22.5. The number of carbonyl (C=O) groups is 2. The maximum atomic E-state index is 11.6. The van der Waals surface area contributed by atoms with E-state index in [1.807, 2.05) is 0 Å². The van der Waals surface area contributed by atoms with Crippen LogP contribution in [-0.4, -0.2) is 29.7 Å². The van der Waals surface area contributed by atoms with Gasteiger partial charge < -0.3 is 15.7 Å². The fraction of sp³-hybridized carbons (Fsp3) is 0.857. The molecule has 3 N–H and O–H groups in total. The van der Waals surface area contributed by atoms with E-state index in [0.29, 0.717) is 6.54 Å². The predicted molar refractivity (Wildman–Crippen MR) is 74.0 cm³/mol. The zero-order valence-corrected chi connectivity index (χ0v) is 11.9. The molecule has 0 aliphatic heterocycles. The standard InChI is InChI=1S/C14H26N2O3/c1-10(2)12(13(17)18)16-14(19)15-9-5-8-11-6-3-4-7-11/h10-12H,3-9H2,1-2H3,(H,17,18)(H2,15,16,19)/t12-/m0/s1. The first-order valence-electron chi connectivity index (χ1n) is 7.28. The van der Waals surface area contributed by atoms with Crippen LogP contribution in [0.5, 0.6) is 0 Å². The molecule has 1 aliphatic rings. The minimum absolute atomic E-state index is 0.123. The molecule has 0 aromatic heterocycles. The van der Waals surface area contributed by atoms with Gasteiger partial charge in [0.2, 0.25) is 0 Å². The Labute approximate surface area is 115 Å². The van der Waals surface area contributed by atoms with Gasteiger partial charge >= 0.3 is 12.0 Å². The maximum Gasteiger partial charge on any atom is 0.326 e. The van der Waals surface area contributed by atoms with E-state index in [4.69, 9.17) is 5.11 Å².